The second kappa shape index (κ2) is 13.4. The van der Waals surface area contributed by atoms with Crippen LogP contribution in [0.4, 0.5) is 0 Å². The van der Waals surface area contributed by atoms with E-state index in [1.165, 1.54) is 19.3 Å². The van der Waals surface area contributed by atoms with Crippen LogP contribution >= 0.6 is 0 Å². The maximum Gasteiger partial charge on any atom is -0.0328 e. The van der Waals surface area contributed by atoms with E-state index in [0.29, 0.717) is 5.41 Å². The molecule has 0 amide bonds. The molecule has 114 valence electrons. The van der Waals surface area contributed by atoms with E-state index in [0.717, 1.165) is 17.8 Å². The standard InChI is InChI=1S/C12H24.3C2H6/c1-9(2)11-6-7-12(4,5)10(3)8-11;3*1-2/h9-11H,6-8H2,1-5H3;3*1-2H3. The second-order valence-electron chi connectivity index (χ2n) is 5.67. The quantitative estimate of drug-likeness (QED) is 0.467. The Labute approximate surface area is 119 Å². The van der Waals surface area contributed by atoms with E-state index in [9.17, 15) is 0 Å². The van der Waals surface area contributed by atoms with Gasteiger partial charge >= 0.3 is 0 Å². The molecule has 18 heavy (non-hydrogen) atoms. The summed E-state index contributed by atoms with van der Waals surface area (Å²) in [5.74, 6) is 2.80. The van der Waals surface area contributed by atoms with Crippen LogP contribution in [0.1, 0.15) is 95.4 Å². The molecular weight excluding hydrogens is 216 g/mol. The van der Waals surface area contributed by atoms with E-state index in [2.05, 4.69) is 34.6 Å². The van der Waals surface area contributed by atoms with Crippen LogP contribution in [0.2, 0.25) is 0 Å². The summed E-state index contributed by atoms with van der Waals surface area (Å²) in [4.78, 5) is 0. The van der Waals surface area contributed by atoms with Crippen molar-refractivity contribution < 1.29 is 0 Å². The fourth-order valence-electron chi connectivity index (χ4n) is 2.30. The smallest absolute Gasteiger partial charge is 0.0328 e. The van der Waals surface area contributed by atoms with Gasteiger partial charge in [-0.3, -0.25) is 0 Å². The molecule has 1 aliphatic carbocycles. The Bertz CT molecular complexity index is 144. The van der Waals surface area contributed by atoms with Crippen LogP contribution in [0.25, 0.3) is 0 Å². The lowest BCUT2D eigenvalue weighted by molar-refractivity contribution is 0.0913. The second-order valence-corrected chi connectivity index (χ2v) is 5.67. The van der Waals surface area contributed by atoms with Crippen LogP contribution in [-0.2, 0) is 0 Å². The van der Waals surface area contributed by atoms with E-state index in [1.54, 1.807) is 0 Å². The molecule has 0 heteroatoms. The van der Waals surface area contributed by atoms with Crippen molar-refractivity contribution in [3.8, 4) is 0 Å². The molecule has 2 atom stereocenters. The van der Waals surface area contributed by atoms with Gasteiger partial charge in [0.25, 0.3) is 0 Å². The third-order valence-electron chi connectivity index (χ3n) is 4.09. The lowest BCUT2D eigenvalue weighted by atomic mass is 9.64. The first kappa shape index (κ1) is 23.1. The molecule has 0 bridgehead atoms. The molecule has 1 aliphatic rings. The topological polar surface area (TPSA) is 0 Å². The Morgan fingerprint density at radius 1 is 0.889 bits per heavy atom. The summed E-state index contributed by atoms with van der Waals surface area (Å²) in [5, 5.41) is 0. The molecule has 0 radical (unpaired) electrons. The van der Waals surface area contributed by atoms with Crippen molar-refractivity contribution in [2.45, 2.75) is 95.4 Å². The van der Waals surface area contributed by atoms with Crippen LogP contribution < -0.4 is 0 Å². The van der Waals surface area contributed by atoms with Gasteiger partial charge in [-0.2, -0.15) is 0 Å². The lowest BCUT2D eigenvalue weighted by Gasteiger charge is -2.41. The third-order valence-corrected chi connectivity index (χ3v) is 4.09. The van der Waals surface area contributed by atoms with Gasteiger partial charge in [-0.25, -0.2) is 0 Å². The molecule has 0 heterocycles. The maximum absolute atomic E-state index is 2.43. The Morgan fingerprint density at radius 3 is 1.56 bits per heavy atom. The van der Waals surface area contributed by atoms with E-state index in [4.69, 9.17) is 0 Å². The molecule has 0 nitrogen and oxygen atoms in total. The first-order valence-electron chi connectivity index (χ1n) is 8.43. The highest BCUT2D eigenvalue weighted by molar-refractivity contribution is 4.84. The minimum Gasteiger partial charge on any atom is -0.0683 e. The SMILES string of the molecule is CC.CC.CC.CC(C)C1CCC(C)(C)C(C)C1. The predicted molar refractivity (Wildman–Crippen MR) is 89.2 cm³/mol. The van der Waals surface area contributed by atoms with Crippen LogP contribution in [0, 0.1) is 23.2 Å². The van der Waals surface area contributed by atoms with Crippen molar-refractivity contribution in [3.63, 3.8) is 0 Å². The molecule has 1 rings (SSSR count). The zero-order valence-electron chi connectivity index (χ0n) is 15.4. The fourth-order valence-corrected chi connectivity index (χ4v) is 2.30. The molecule has 1 saturated carbocycles. The van der Waals surface area contributed by atoms with Gasteiger partial charge in [-0.15, -0.1) is 0 Å². The summed E-state index contributed by atoms with van der Waals surface area (Å²) < 4.78 is 0. The first-order valence-corrected chi connectivity index (χ1v) is 8.43. The average molecular weight is 259 g/mol. The van der Waals surface area contributed by atoms with Crippen LogP contribution in [0.5, 0.6) is 0 Å². The summed E-state index contributed by atoms with van der Waals surface area (Å²) in [7, 11) is 0. The van der Waals surface area contributed by atoms with E-state index in [1.807, 2.05) is 41.5 Å². The molecule has 0 N–H and O–H groups in total. The minimum absolute atomic E-state index is 0.603. The summed E-state index contributed by atoms with van der Waals surface area (Å²) in [6, 6.07) is 0. The molecule has 0 aromatic heterocycles. The van der Waals surface area contributed by atoms with Gasteiger partial charge in [0.2, 0.25) is 0 Å². The van der Waals surface area contributed by atoms with Crippen molar-refractivity contribution in [2.24, 2.45) is 23.2 Å². The van der Waals surface area contributed by atoms with Gasteiger partial charge in [0.15, 0.2) is 0 Å². The van der Waals surface area contributed by atoms with Crippen molar-refractivity contribution in [3.05, 3.63) is 0 Å². The van der Waals surface area contributed by atoms with E-state index >= 15 is 0 Å². The molecule has 2 unspecified atom stereocenters. The number of hydrogen-bond acceptors (Lipinski definition) is 0. The van der Waals surface area contributed by atoms with Crippen molar-refractivity contribution in [1.82, 2.24) is 0 Å². The zero-order chi connectivity index (χ0) is 15.4. The van der Waals surface area contributed by atoms with Crippen LogP contribution in [-0.4, -0.2) is 0 Å². The monoisotopic (exact) mass is 258 g/mol. The number of hydrogen-bond donors (Lipinski definition) is 0. The Kier molecular flexibility index (Phi) is 17.3. The maximum atomic E-state index is 2.43. The van der Waals surface area contributed by atoms with Crippen LogP contribution in [0.15, 0.2) is 0 Å². The molecule has 0 saturated heterocycles. The van der Waals surface area contributed by atoms with Gasteiger partial charge < -0.3 is 0 Å². The van der Waals surface area contributed by atoms with Crippen LogP contribution in [0.3, 0.4) is 0 Å². The van der Waals surface area contributed by atoms with Gasteiger partial charge in [0, 0.05) is 0 Å². The fraction of sp³-hybridized carbons (Fsp3) is 1.00. The molecule has 0 aliphatic heterocycles. The largest absolute Gasteiger partial charge is 0.0683 e. The minimum atomic E-state index is 0.603. The molecule has 0 spiro atoms. The van der Waals surface area contributed by atoms with Gasteiger partial charge in [0.1, 0.15) is 0 Å². The van der Waals surface area contributed by atoms with Crippen molar-refractivity contribution >= 4 is 0 Å². The number of rotatable bonds is 1. The summed E-state index contributed by atoms with van der Waals surface area (Å²) in [6.45, 7) is 24.0. The highest BCUT2D eigenvalue weighted by Gasteiger charge is 2.34. The van der Waals surface area contributed by atoms with Gasteiger partial charge in [0.05, 0.1) is 0 Å². The third kappa shape index (κ3) is 9.00. The highest BCUT2D eigenvalue weighted by Crippen LogP contribution is 2.44. The summed E-state index contributed by atoms with van der Waals surface area (Å²) in [5.41, 5.74) is 0.603. The lowest BCUT2D eigenvalue weighted by Crippen LogP contribution is -2.31. The van der Waals surface area contributed by atoms with E-state index in [-0.39, 0.29) is 0 Å². The molecular formula is C18H42. The zero-order valence-corrected chi connectivity index (χ0v) is 15.4. The van der Waals surface area contributed by atoms with E-state index < -0.39 is 0 Å². The van der Waals surface area contributed by atoms with Gasteiger partial charge in [-0.05, 0) is 42.4 Å². The highest BCUT2D eigenvalue weighted by atomic mass is 14.4. The molecule has 0 aromatic rings. The Morgan fingerprint density at radius 2 is 1.28 bits per heavy atom. The normalized spacial score (nSPS) is 24.7. The summed E-state index contributed by atoms with van der Waals surface area (Å²) in [6.07, 6.45) is 4.33. The summed E-state index contributed by atoms with van der Waals surface area (Å²) >= 11 is 0. The van der Waals surface area contributed by atoms with Crippen molar-refractivity contribution in [1.29, 1.82) is 0 Å². The molecule has 1 fully saturated rings. The Balaban J connectivity index is -0.000000328. The van der Waals surface area contributed by atoms with Gasteiger partial charge in [-0.1, -0.05) is 76.2 Å². The van der Waals surface area contributed by atoms with Crippen molar-refractivity contribution in [2.75, 3.05) is 0 Å². The molecule has 0 aromatic carbocycles. The Hall–Kier alpha value is 0. The average Bonchev–Trinajstić information content (AvgIpc) is 2.39. The predicted octanol–water partition coefficient (Wildman–Crippen LogP) is 7.18. The first-order chi connectivity index (χ1) is 8.43.